The van der Waals surface area contributed by atoms with Gasteiger partial charge in [-0.05, 0) is 5.92 Å². The molecule has 0 atom stereocenters. The Kier molecular flexibility index (Phi) is 4.68. The molecule has 1 heterocycles. The van der Waals surface area contributed by atoms with Crippen LogP contribution >= 0.6 is 0 Å². The Hall–Kier alpha value is -1.85. The number of hydrogen-bond donors (Lipinski definition) is 1. The maximum absolute atomic E-state index is 10.8. The number of nitrogens with zero attached hydrogens (tertiary/aromatic N) is 3. The van der Waals surface area contributed by atoms with Crippen LogP contribution in [-0.2, 0) is 4.79 Å². The first-order chi connectivity index (χ1) is 7.99. The second kappa shape index (κ2) is 6.03. The molecule has 0 fully saturated rings. The fourth-order valence-electron chi connectivity index (χ4n) is 1.16. The summed E-state index contributed by atoms with van der Waals surface area (Å²) < 4.78 is 5.45. The number of rotatable bonds is 6. The minimum atomic E-state index is -0.414. The molecular weight excluding hydrogens is 220 g/mol. The van der Waals surface area contributed by atoms with Gasteiger partial charge in [0.15, 0.2) is 5.82 Å². The second-order valence-corrected chi connectivity index (χ2v) is 4.24. The van der Waals surface area contributed by atoms with E-state index in [1.54, 1.807) is 24.3 Å². The van der Waals surface area contributed by atoms with Crippen molar-refractivity contribution in [2.24, 2.45) is 11.7 Å². The van der Waals surface area contributed by atoms with E-state index in [9.17, 15) is 4.79 Å². The summed E-state index contributed by atoms with van der Waals surface area (Å²) in [5, 5.41) is 0. The number of aromatic nitrogens is 2. The van der Waals surface area contributed by atoms with E-state index < -0.39 is 5.91 Å². The van der Waals surface area contributed by atoms with E-state index in [0.29, 0.717) is 24.2 Å². The summed E-state index contributed by atoms with van der Waals surface area (Å²) in [6.07, 6.45) is 3.11. The minimum absolute atomic E-state index is 0.0995. The molecule has 94 valence electrons. The quantitative estimate of drug-likeness (QED) is 0.777. The number of primary amides is 1. The normalized spacial score (nSPS) is 10.4. The molecule has 0 saturated heterocycles. The van der Waals surface area contributed by atoms with Gasteiger partial charge in [-0.1, -0.05) is 13.8 Å². The van der Waals surface area contributed by atoms with Crippen LogP contribution in [0, 0.1) is 5.92 Å². The average Bonchev–Trinajstić information content (AvgIpc) is 2.26. The molecule has 0 radical (unpaired) electrons. The van der Waals surface area contributed by atoms with Crippen molar-refractivity contribution in [1.29, 1.82) is 0 Å². The van der Waals surface area contributed by atoms with Crippen LogP contribution < -0.4 is 15.4 Å². The zero-order valence-electron chi connectivity index (χ0n) is 10.4. The van der Waals surface area contributed by atoms with Gasteiger partial charge in [-0.2, -0.15) is 4.98 Å². The Bertz CT molecular complexity index is 381. The SMILES string of the molecule is CC(C)COc1cncc(N(C)CC(N)=O)n1. The summed E-state index contributed by atoms with van der Waals surface area (Å²) in [6, 6.07) is 0. The maximum Gasteiger partial charge on any atom is 0.236 e. The van der Waals surface area contributed by atoms with Crippen LogP contribution in [0.5, 0.6) is 5.88 Å². The molecule has 1 aromatic rings. The van der Waals surface area contributed by atoms with Gasteiger partial charge >= 0.3 is 0 Å². The van der Waals surface area contributed by atoms with Crippen LogP contribution in [0.2, 0.25) is 0 Å². The Morgan fingerprint density at radius 2 is 2.24 bits per heavy atom. The number of hydrogen-bond acceptors (Lipinski definition) is 5. The molecule has 0 unspecified atom stereocenters. The smallest absolute Gasteiger partial charge is 0.236 e. The van der Waals surface area contributed by atoms with E-state index in [1.807, 2.05) is 0 Å². The van der Waals surface area contributed by atoms with Gasteiger partial charge in [0.05, 0.1) is 25.5 Å². The highest BCUT2D eigenvalue weighted by Crippen LogP contribution is 2.12. The Morgan fingerprint density at radius 1 is 1.53 bits per heavy atom. The number of carbonyl (C=O) groups is 1. The van der Waals surface area contributed by atoms with E-state index in [0.717, 1.165) is 0 Å². The van der Waals surface area contributed by atoms with E-state index in [-0.39, 0.29) is 6.54 Å². The average molecular weight is 238 g/mol. The number of anilines is 1. The van der Waals surface area contributed by atoms with Gasteiger partial charge in [0.2, 0.25) is 11.8 Å². The van der Waals surface area contributed by atoms with Gasteiger partial charge in [0, 0.05) is 7.05 Å². The lowest BCUT2D eigenvalue weighted by Gasteiger charge is -2.16. The number of amides is 1. The molecular formula is C11H18N4O2. The summed E-state index contributed by atoms with van der Waals surface area (Å²) in [5.41, 5.74) is 5.11. The minimum Gasteiger partial charge on any atom is -0.476 e. The van der Waals surface area contributed by atoms with Crippen LogP contribution in [0.4, 0.5) is 5.82 Å². The summed E-state index contributed by atoms with van der Waals surface area (Å²) >= 11 is 0. The van der Waals surface area contributed by atoms with E-state index in [1.165, 1.54) is 0 Å². The molecule has 6 heteroatoms. The lowest BCUT2D eigenvalue weighted by Crippen LogP contribution is -2.31. The third-order valence-corrected chi connectivity index (χ3v) is 1.95. The lowest BCUT2D eigenvalue weighted by molar-refractivity contribution is -0.116. The number of ether oxygens (including phenoxy) is 1. The molecule has 1 rings (SSSR count). The molecule has 0 spiro atoms. The largest absolute Gasteiger partial charge is 0.476 e. The van der Waals surface area contributed by atoms with Crippen LogP contribution in [0.3, 0.4) is 0 Å². The number of carbonyl (C=O) groups excluding carboxylic acids is 1. The van der Waals surface area contributed by atoms with Crippen LogP contribution in [0.15, 0.2) is 12.4 Å². The Morgan fingerprint density at radius 3 is 2.82 bits per heavy atom. The van der Waals surface area contributed by atoms with Crippen molar-refractivity contribution in [1.82, 2.24) is 9.97 Å². The molecule has 6 nitrogen and oxygen atoms in total. The molecule has 1 amide bonds. The third-order valence-electron chi connectivity index (χ3n) is 1.95. The van der Waals surface area contributed by atoms with Crippen molar-refractivity contribution in [3.05, 3.63) is 12.4 Å². The Balaban J connectivity index is 2.67. The van der Waals surface area contributed by atoms with Crippen LogP contribution in [-0.4, -0.2) is 36.1 Å². The first-order valence-corrected chi connectivity index (χ1v) is 5.43. The van der Waals surface area contributed by atoms with E-state index >= 15 is 0 Å². The van der Waals surface area contributed by atoms with Crippen molar-refractivity contribution >= 4 is 11.7 Å². The van der Waals surface area contributed by atoms with Crippen molar-refractivity contribution in [3.63, 3.8) is 0 Å². The molecule has 0 bridgehead atoms. The number of nitrogens with two attached hydrogens (primary N) is 1. The van der Waals surface area contributed by atoms with Gasteiger partial charge in [-0.3, -0.25) is 9.78 Å². The molecule has 2 N–H and O–H groups in total. The summed E-state index contributed by atoms with van der Waals surface area (Å²) in [6.45, 7) is 4.78. The summed E-state index contributed by atoms with van der Waals surface area (Å²) in [4.78, 5) is 20.6. The van der Waals surface area contributed by atoms with Crippen LogP contribution in [0.1, 0.15) is 13.8 Å². The monoisotopic (exact) mass is 238 g/mol. The number of likely N-dealkylation sites (N-methyl/N-ethyl adjacent to an activating group) is 1. The second-order valence-electron chi connectivity index (χ2n) is 4.24. The predicted octanol–water partition coefficient (Wildman–Crippen LogP) is 0.433. The third kappa shape index (κ3) is 4.67. The molecule has 1 aromatic heterocycles. The molecule has 0 aliphatic heterocycles. The van der Waals surface area contributed by atoms with Crippen molar-refractivity contribution in [2.75, 3.05) is 25.1 Å². The molecule has 0 aliphatic rings. The topological polar surface area (TPSA) is 81.3 Å². The van der Waals surface area contributed by atoms with E-state index in [2.05, 4.69) is 23.8 Å². The van der Waals surface area contributed by atoms with Gasteiger partial charge in [0.25, 0.3) is 0 Å². The standard InChI is InChI=1S/C11H18N4O2/c1-8(2)7-17-11-5-13-4-10(14-11)15(3)6-9(12)16/h4-5,8H,6-7H2,1-3H3,(H2,12,16). The summed E-state index contributed by atoms with van der Waals surface area (Å²) in [5.74, 6) is 1.02. The first-order valence-electron chi connectivity index (χ1n) is 5.43. The zero-order valence-corrected chi connectivity index (χ0v) is 10.4. The highest BCUT2D eigenvalue weighted by Gasteiger charge is 2.07. The highest BCUT2D eigenvalue weighted by atomic mass is 16.5. The lowest BCUT2D eigenvalue weighted by atomic mass is 10.2. The highest BCUT2D eigenvalue weighted by molar-refractivity contribution is 5.78. The zero-order chi connectivity index (χ0) is 12.8. The fourth-order valence-corrected chi connectivity index (χ4v) is 1.16. The predicted molar refractivity (Wildman–Crippen MR) is 64.8 cm³/mol. The van der Waals surface area contributed by atoms with Gasteiger partial charge < -0.3 is 15.4 Å². The first kappa shape index (κ1) is 13.2. The van der Waals surface area contributed by atoms with E-state index in [4.69, 9.17) is 10.5 Å². The van der Waals surface area contributed by atoms with Gasteiger partial charge in [-0.15, -0.1) is 0 Å². The van der Waals surface area contributed by atoms with Crippen molar-refractivity contribution < 1.29 is 9.53 Å². The van der Waals surface area contributed by atoms with Gasteiger partial charge in [-0.25, -0.2) is 0 Å². The van der Waals surface area contributed by atoms with Crippen LogP contribution in [0.25, 0.3) is 0 Å². The molecule has 0 aromatic carbocycles. The molecule has 0 aliphatic carbocycles. The Labute approximate surface area is 101 Å². The van der Waals surface area contributed by atoms with Gasteiger partial charge in [0.1, 0.15) is 0 Å². The van der Waals surface area contributed by atoms with Crippen molar-refractivity contribution in [3.8, 4) is 5.88 Å². The fraction of sp³-hybridized carbons (Fsp3) is 0.545. The summed E-state index contributed by atoms with van der Waals surface area (Å²) in [7, 11) is 1.72. The molecule has 0 saturated carbocycles. The maximum atomic E-state index is 10.8. The van der Waals surface area contributed by atoms with Crippen molar-refractivity contribution in [2.45, 2.75) is 13.8 Å². The molecule has 17 heavy (non-hydrogen) atoms.